The van der Waals surface area contributed by atoms with Crippen LogP contribution in [0.15, 0.2) is 32.6 Å². The summed E-state index contributed by atoms with van der Waals surface area (Å²) in [5.74, 6) is 0. The Morgan fingerprint density at radius 2 is 1.59 bits per heavy atom. The standard InChI is InChI=1S/C12H17N2O2.W/c1-7-8(2)10(6-11(13-15)14-16)12(4,5)9(7)3;/h6H2,1-5H3;. The summed E-state index contributed by atoms with van der Waals surface area (Å²) in [5.41, 5.74) is 4.72. The van der Waals surface area contributed by atoms with Crippen molar-refractivity contribution in [2.75, 3.05) is 0 Å². The van der Waals surface area contributed by atoms with Gasteiger partial charge in [0.25, 0.3) is 0 Å². The molecule has 1 aliphatic carbocycles. The fraction of sp³-hybridized carbons (Fsp3) is 0.667. The molecule has 0 fully saturated rings. The fourth-order valence-electron chi connectivity index (χ4n) is 2.34. The molecule has 4 nitrogen and oxygen atoms in total. The van der Waals surface area contributed by atoms with Gasteiger partial charge in [-0.3, -0.25) is 0 Å². The van der Waals surface area contributed by atoms with Crippen LogP contribution in [0.3, 0.4) is 0 Å². The van der Waals surface area contributed by atoms with Crippen molar-refractivity contribution in [1.82, 2.24) is 0 Å². The van der Waals surface area contributed by atoms with Gasteiger partial charge in [-0.05, 0) is 0 Å². The maximum absolute atomic E-state index is 10.8. The number of rotatable bonds is 4. The van der Waals surface area contributed by atoms with E-state index in [1.54, 1.807) is 0 Å². The molecule has 0 amide bonds. The second-order valence-electron chi connectivity index (χ2n) is 5.08. The van der Waals surface area contributed by atoms with E-state index in [0.29, 0.717) is 6.42 Å². The van der Waals surface area contributed by atoms with Crippen molar-refractivity contribution < 1.29 is 19.8 Å². The maximum atomic E-state index is 10.8. The molecule has 0 saturated heterocycles. The first-order chi connectivity index (χ1) is 7.69. The van der Waals surface area contributed by atoms with Crippen LogP contribution in [0, 0.1) is 15.2 Å². The van der Waals surface area contributed by atoms with Crippen LogP contribution in [-0.4, -0.2) is 4.05 Å². The Morgan fingerprint density at radius 3 is 1.88 bits per heavy atom. The molecule has 0 bridgehead atoms. The van der Waals surface area contributed by atoms with Gasteiger partial charge in [0.05, 0.1) is 0 Å². The molecule has 1 aliphatic rings. The normalized spacial score (nSPS) is 19.8. The molecule has 1 rings (SSSR count). The Labute approximate surface area is 113 Å². The Kier molecular flexibility index (Phi) is 3.87. The van der Waals surface area contributed by atoms with Crippen LogP contribution in [0.5, 0.6) is 0 Å². The molecule has 0 spiro atoms. The summed E-state index contributed by atoms with van der Waals surface area (Å²) in [5, 5.41) is 5.81. The van der Waals surface area contributed by atoms with Crippen LogP contribution in [-0.2, 0) is 19.8 Å². The first-order valence-corrected chi connectivity index (χ1v) is 6.94. The summed E-state index contributed by atoms with van der Waals surface area (Å²) < 4.78 is -1.31. The van der Waals surface area contributed by atoms with Crippen LogP contribution < -0.4 is 0 Å². The zero-order valence-electron chi connectivity index (χ0n) is 10.8. The third-order valence-electron chi connectivity index (χ3n) is 3.96. The number of hydrogen-bond acceptors (Lipinski definition) is 4. The summed E-state index contributed by atoms with van der Waals surface area (Å²) in [7, 11) is 0. The van der Waals surface area contributed by atoms with E-state index >= 15 is 0 Å². The molecule has 17 heavy (non-hydrogen) atoms. The van der Waals surface area contributed by atoms with Crippen molar-refractivity contribution in [3.63, 3.8) is 0 Å². The third-order valence-corrected chi connectivity index (χ3v) is 5.02. The Morgan fingerprint density at radius 1 is 1.12 bits per heavy atom. The van der Waals surface area contributed by atoms with E-state index in [2.05, 4.69) is 38.0 Å². The van der Waals surface area contributed by atoms with Crippen LogP contribution >= 0.6 is 0 Å². The van der Waals surface area contributed by atoms with E-state index in [0.717, 1.165) is 25.4 Å². The Hall–Kier alpha value is -0.632. The quantitative estimate of drug-likeness (QED) is 0.669. The summed E-state index contributed by atoms with van der Waals surface area (Å²) in [6.45, 7) is 10.4. The van der Waals surface area contributed by atoms with Gasteiger partial charge < -0.3 is 0 Å². The molecule has 0 unspecified atom stereocenters. The second-order valence-corrected chi connectivity index (χ2v) is 7.43. The van der Waals surface area contributed by atoms with Crippen LogP contribution in [0.1, 0.15) is 41.0 Å². The minimum absolute atomic E-state index is 0.107. The predicted octanol–water partition coefficient (Wildman–Crippen LogP) is 3.80. The van der Waals surface area contributed by atoms with E-state index in [4.69, 9.17) is 0 Å². The number of nitrogens with zero attached hydrogens (tertiary/aromatic N) is 2. The van der Waals surface area contributed by atoms with Gasteiger partial charge in [0.1, 0.15) is 0 Å². The van der Waals surface area contributed by atoms with Gasteiger partial charge >= 0.3 is 113 Å². The van der Waals surface area contributed by atoms with E-state index in [1.165, 1.54) is 16.7 Å². The van der Waals surface area contributed by atoms with Gasteiger partial charge in [0.15, 0.2) is 0 Å². The van der Waals surface area contributed by atoms with E-state index in [-0.39, 0.29) is 5.41 Å². The molecule has 0 N–H and O–H groups in total. The molecular formula is C12H17N2O2W. The molecule has 0 aliphatic heterocycles. The van der Waals surface area contributed by atoms with Crippen molar-refractivity contribution in [3.05, 3.63) is 32.1 Å². The molecule has 0 atom stereocenters. The first-order valence-electron chi connectivity index (χ1n) is 5.47. The Balaban J connectivity index is 3.18. The van der Waals surface area contributed by atoms with Gasteiger partial charge in [-0.2, -0.15) is 0 Å². The summed E-state index contributed by atoms with van der Waals surface area (Å²) in [6, 6.07) is 0. The number of allylic oxidation sites excluding steroid dienone is 3. The van der Waals surface area contributed by atoms with Crippen LogP contribution in [0.2, 0.25) is 0 Å². The van der Waals surface area contributed by atoms with Crippen LogP contribution in [0.25, 0.3) is 0 Å². The van der Waals surface area contributed by atoms with Crippen LogP contribution in [0.4, 0.5) is 0 Å². The summed E-state index contributed by atoms with van der Waals surface area (Å²) >= 11 is 0.802. The van der Waals surface area contributed by atoms with E-state index in [1.807, 2.05) is 6.92 Å². The van der Waals surface area contributed by atoms with Gasteiger partial charge in [0.2, 0.25) is 0 Å². The predicted molar refractivity (Wildman–Crippen MR) is 63.8 cm³/mol. The molecule has 0 heterocycles. The zero-order valence-corrected chi connectivity index (χ0v) is 13.8. The molecule has 0 aromatic heterocycles. The van der Waals surface area contributed by atoms with Crippen molar-refractivity contribution in [3.8, 4) is 0 Å². The van der Waals surface area contributed by atoms with Crippen molar-refractivity contribution in [1.29, 1.82) is 0 Å². The van der Waals surface area contributed by atoms with Gasteiger partial charge in [-0.25, -0.2) is 0 Å². The SMILES string of the molecule is CC1=C(C)C(C)(C)C(C[C]([W])(N=O)N=O)=C1C. The minimum atomic E-state index is -1.31. The third kappa shape index (κ3) is 2.33. The molecule has 93 valence electrons. The molecule has 0 aromatic carbocycles. The van der Waals surface area contributed by atoms with E-state index < -0.39 is 4.05 Å². The van der Waals surface area contributed by atoms with Crippen molar-refractivity contribution in [2.24, 2.45) is 15.8 Å². The number of hydrogen-bond donors (Lipinski definition) is 0. The molecule has 0 radical (unpaired) electrons. The van der Waals surface area contributed by atoms with Gasteiger partial charge in [0, 0.05) is 0 Å². The van der Waals surface area contributed by atoms with E-state index in [9.17, 15) is 9.81 Å². The Bertz CT molecular complexity index is 428. The second kappa shape index (κ2) is 4.56. The fourth-order valence-corrected chi connectivity index (χ4v) is 2.86. The average molecular weight is 405 g/mol. The summed E-state index contributed by atoms with van der Waals surface area (Å²) in [6.07, 6.45) is 0.336. The monoisotopic (exact) mass is 405 g/mol. The molecule has 5 heteroatoms. The summed E-state index contributed by atoms with van der Waals surface area (Å²) in [4.78, 5) is 21.5. The molecule has 0 aromatic rings. The number of nitroso groups, excluding NO2 is 2. The first kappa shape index (κ1) is 14.4. The van der Waals surface area contributed by atoms with Crippen molar-refractivity contribution >= 4 is 0 Å². The van der Waals surface area contributed by atoms with Gasteiger partial charge in [-0.1, -0.05) is 0 Å². The topological polar surface area (TPSA) is 58.9 Å². The average Bonchev–Trinajstić information content (AvgIpc) is 2.44. The zero-order chi connectivity index (χ0) is 13.4. The van der Waals surface area contributed by atoms with Gasteiger partial charge in [-0.15, -0.1) is 0 Å². The molecule has 0 saturated carbocycles. The molecular weight excluding hydrogens is 388 g/mol. The van der Waals surface area contributed by atoms with Crippen molar-refractivity contribution in [2.45, 2.75) is 45.1 Å².